The first-order valence-corrected chi connectivity index (χ1v) is 5.29. The minimum absolute atomic E-state index is 0.400. The van der Waals surface area contributed by atoms with Crippen LogP contribution in [0.1, 0.15) is 27.7 Å². The molecular weight excluding hydrogens is 162 g/mol. The summed E-state index contributed by atoms with van der Waals surface area (Å²) < 4.78 is 5.62. The Labute approximate surface area is 81.3 Å². The van der Waals surface area contributed by atoms with Gasteiger partial charge in [-0.2, -0.15) is 0 Å². The number of nitrogens with zero attached hydrogens (tertiary/aromatic N) is 1. The molecule has 2 saturated heterocycles. The van der Waals surface area contributed by atoms with Crippen molar-refractivity contribution in [3.8, 4) is 0 Å². The molecule has 0 amide bonds. The molecule has 13 heavy (non-hydrogen) atoms. The van der Waals surface area contributed by atoms with Crippen LogP contribution in [-0.4, -0.2) is 37.2 Å². The van der Waals surface area contributed by atoms with Crippen molar-refractivity contribution in [1.29, 1.82) is 0 Å². The zero-order chi connectivity index (χ0) is 9.69. The Hall–Kier alpha value is -0.0800. The Bertz CT molecular complexity index is 198. The first kappa shape index (κ1) is 9.47. The molecule has 2 rings (SSSR count). The van der Waals surface area contributed by atoms with E-state index in [1.165, 1.54) is 13.1 Å². The number of rotatable bonds is 1. The molecule has 2 atom stereocenters. The van der Waals surface area contributed by atoms with Crippen LogP contribution >= 0.6 is 0 Å². The first-order valence-electron chi connectivity index (χ1n) is 5.29. The van der Waals surface area contributed by atoms with E-state index in [1.54, 1.807) is 0 Å². The molecule has 0 spiro atoms. The van der Waals surface area contributed by atoms with Gasteiger partial charge in [0.2, 0.25) is 0 Å². The highest BCUT2D eigenvalue weighted by Gasteiger charge is 2.56. The molecule has 0 aromatic heterocycles. The summed E-state index contributed by atoms with van der Waals surface area (Å²) in [6.45, 7) is 13.6. The molecule has 0 aliphatic carbocycles. The van der Waals surface area contributed by atoms with Gasteiger partial charge in [0.05, 0.1) is 13.2 Å². The second-order valence-corrected chi connectivity index (χ2v) is 5.61. The van der Waals surface area contributed by atoms with E-state index < -0.39 is 0 Å². The number of fused-ring (bicyclic) bond motifs is 1. The van der Waals surface area contributed by atoms with Crippen molar-refractivity contribution in [1.82, 2.24) is 4.90 Å². The van der Waals surface area contributed by atoms with Gasteiger partial charge in [0.15, 0.2) is 0 Å². The van der Waals surface area contributed by atoms with E-state index in [9.17, 15) is 0 Å². The van der Waals surface area contributed by atoms with Crippen molar-refractivity contribution in [2.75, 3.05) is 26.3 Å². The van der Waals surface area contributed by atoms with Crippen LogP contribution in [0.2, 0.25) is 0 Å². The first-order chi connectivity index (χ1) is 5.97. The lowest BCUT2D eigenvalue weighted by molar-refractivity contribution is 0.121. The van der Waals surface area contributed by atoms with E-state index in [0.29, 0.717) is 16.9 Å². The van der Waals surface area contributed by atoms with Gasteiger partial charge in [-0.05, 0) is 13.8 Å². The topological polar surface area (TPSA) is 12.5 Å². The maximum absolute atomic E-state index is 5.62. The van der Waals surface area contributed by atoms with Crippen LogP contribution in [0.4, 0.5) is 0 Å². The largest absolute Gasteiger partial charge is 0.380 e. The maximum atomic E-state index is 5.62. The third kappa shape index (κ3) is 1.23. The molecule has 0 radical (unpaired) electrons. The summed E-state index contributed by atoms with van der Waals surface area (Å²) in [5.74, 6) is 0. The number of hydrogen-bond acceptors (Lipinski definition) is 2. The summed E-state index contributed by atoms with van der Waals surface area (Å²) in [6.07, 6.45) is 0. The second kappa shape index (κ2) is 2.71. The van der Waals surface area contributed by atoms with E-state index in [0.717, 1.165) is 13.2 Å². The zero-order valence-electron chi connectivity index (χ0n) is 9.26. The summed E-state index contributed by atoms with van der Waals surface area (Å²) in [4.78, 5) is 2.59. The molecule has 0 saturated carbocycles. The molecule has 2 heterocycles. The van der Waals surface area contributed by atoms with E-state index >= 15 is 0 Å². The van der Waals surface area contributed by atoms with Gasteiger partial charge >= 0.3 is 0 Å². The fraction of sp³-hybridized carbons (Fsp3) is 1.00. The molecular formula is C11H21NO. The molecule has 2 nitrogen and oxygen atoms in total. The van der Waals surface area contributed by atoms with Gasteiger partial charge < -0.3 is 4.74 Å². The standard InChI is InChI=1S/C11H21NO/c1-9(2)12-5-10(3)7-13-8-11(10,4)6-12/h9H,5-8H2,1-4H3. The van der Waals surface area contributed by atoms with Crippen LogP contribution in [0.5, 0.6) is 0 Å². The minimum atomic E-state index is 0.400. The molecule has 2 aliphatic heterocycles. The summed E-state index contributed by atoms with van der Waals surface area (Å²) in [6, 6.07) is 0.680. The normalized spacial score (nSPS) is 45.9. The minimum Gasteiger partial charge on any atom is -0.380 e. The fourth-order valence-electron chi connectivity index (χ4n) is 2.64. The maximum Gasteiger partial charge on any atom is 0.0538 e. The highest BCUT2D eigenvalue weighted by molar-refractivity contribution is 5.05. The average molecular weight is 183 g/mol. The highest BCUT2D eigenvalue weighted by Crippen LogP contribution is 2.50. The van der Waals surface area contributed by atoms with Crippen molar-refractivity contribution in [3.05, 3.63) is 0 Å². The zero-order valence-corrected chi connectivity index (χ0v) is 9.26. The lowest BCUT2D eigenvalue weighted by Gasteiger charge is -2.29. The van der Waals surface area contributed by atoms with Crippen LogP contribution < -0.4 is 0 Å². The van der Waals surface area contributed by atoms with Gasteiger partial charge in [-0.15, -0.1) is 0 Å². The third-order valence-electron chi connectivity index (χ3n) is 4.13. The van der Waals surface area contributed by atoms with Crippen LogP contribution in [-0.2, 0) is 4.74 Å². The predicted octanol–water partition coefficient (Wildman–Crippen LogP) is 1.75. The Kier molecular flexibility index (Phi) is 1.97. The average Bonchev–Trinajstić information content (AvgIpc) is 2.38. The van der Waals surface area contributed by atoms with Gasteiger partial charge in [-0.25, -0.2) is 0 Å². The van der Waals surface area contributed by atoms with E-state index in [-0.39, 0.29) is 0 Å². The highest BCUT2D eigenvalue weighted by atomic mass is 16.5. The molecule has 2 unspecified atom stereocenters. The molecule has 76 valence electrons. The second-order valence-electron chi connectivity index (χ2n) is 5.61. The Morgan fingerprint density at radius 1 is 1.08 bits per heavy atom. The lowest BCUT2D eigenvalue weighted by atomic mass is 9.71. The molecule has 0 aromatic carbocycles. The summed E-state index contributed by atoms with van der Waals surface area (Å²) >= 11 is 0. The van der Waals surface area contributed by atoms with E-state index in [1.807, 2.05) is 0 Å². The predicted molar refractivity (Wildman–Crippen MR) is 53.7 cm³/mol. The smallest absolute Gasteiger partial charge is 0.0538 e. The Morgan fingerprint density at radius 2 is 1.54 bits per heavy atom. The van der Waals surface area contributed by atoms with Gasteiger partial charge in [0.1, 0.15) is 0 Å². The quantitative estimate of drug-likeness (QED) is 0.614. The van der Waals surface area contributed by atoms with Gasteiger partial charge in [-0.3, -0.25) is 4.90 Å². The van der Waals surface area contributed by atoms with Gasteiger partial charge in [-0.1, -0.05) is 13.8 Å². The van der Waals surface area contributed by atoms with Crippen LogP contribution in [0.25, 0.3) is 0 Å². The monoisotopic (exact) mass is 183 g/mol. The molecule has 2 heteroatoms. The Morgan fingerprint density at radius 3 is 1.92 bits per heavy atom. The van der Waals surface area contributed by atoms with Crippen molar-refractivity contribution in [2.45, 2.75) is 33.7 Å². The Balaban J connectivity index is 2.18. The van der Waals surface area contributed by atoms with Gasteiger partial charge in [0.25, 0.3) is 0 Å². The number of hydrogen-bond donors (Lipinski definition) is 0. The van der Waals surface area contributed by atoms with Crippen molar-refractivity contribution in [2.24, 2.45) is 10.8 Å². The molecule has 0 bridgehead atoms. The molecule has 2 aliphatic rings. The van der Waals surface area contributed by atoms with Crippen molar-refractivity contribution < 1.29 is 4.74 Å². The number of likely N-dealkylation sites (tertiary alicyclic amines) is 1. The molecule has 0 aromatic rings. The van der Waals surface area contributed by atoms with Crippen molar-refractivity contribution in [3.63, 3.8) is 0 Å². The van der Waals surface area contributed by atoms with Crippen LogP contribution in [0.15, 0.2) is 0 Å². The number of ether oxygens (including phenoxy) is 1. The van der Waals surface area contributed by atoms with Crippen LogP contribution in [0.3, 0.4) is 0 Å². The van der Waals surface area contributed by atoms with Crippen molar-refractivity contribution >= 4 is 0 Å². The SMILES string of the molecule is CC(C)N1CC2(C)COCC2(C)C1. The fourth-order valence-corrected chi connectivity index (χ4v) is 2.64. The van der Waals surface area contributed by atoms with E-state index in [4.69, 9.17) is 4.74 Å². The van der Waals surface area contributed by atoms with Crippen LogP contribution in [0, 0.1) is 10.8 Å². The molecule has 0 N–H and O–H groups in total. The molecule has 2 fully saturated rings. The van der Waals surface area contributed by atoms with Gasteiger partial charge in [0, 0.05) is 30.0 Å². The lowest BCUT2D eigenvalue weighted by Crippen LogP contribution is -2.34. The third-order valence-corrected chi connectivity index (χ3v) is 4.13. The van der Waals surface area contributed by atoms with E-state index in [2.05, 4.69) is 32.6 Å². The summed E-state index contributed by atoms with van der Waals surface area (Å²) in [7, 11) is 0. The summed E-state index contributed by atoms with van der Waals surface area (Å²) in [5.41, 5.74) is 0.800. The summed E-state index contributed by atoms with van der Waals surface area (Å²) in [5, 5.41) is 0.